The molecule has 0 aliphatic rings. The average molecular weight is 470 g/mol. The van der Waals surface area contributed by atoms with Crippen molar-refractivity contribution < 1.29 is 22.9 Å². The minimum absolute atomic E-state index is 0.0802. The van der Waals surface area contributed by atoms with Gasteiger partial charge >= 0.3 is 0 Å². The van der Waals surface area contributed by atoms with E-state index in [1.807, 2.05) is 6.07 Å². The molecule has 3 aromatic carbocycles. The SMILES string of the molecule is CCN(c1ccccc1)S(=O)(=O)c1ccc(NC(=O)C(C)Oc2ccc([N+](=O)[O-])cc2)cc1. The number of hydrogen-bond acceptors (Lipinski definition) is 6. The van der Waals surface area contributed by atoms with E-state index in [0.29, 0.717) is 17.1 Å². The zero-order chi connectivity index (χ0) is 24.0. The van der Waals surface area contributed by atoms with E-state index in [-0.39, 0.29) is 17.1 Å². The van der Waals surface area contributed by atoms with E-state index in [2.05, 4.69) is 5.32 Å². The second-order valence-corrected chi connectivity index (χ2v) is 8.89. The molecule has 1 unspecified atom stereocenters. The van der Waals surface area contributed by atoms with E-state index in [1.165, 1.54) is 59.8 Å². The van der Waals surface area contributed by atoms with Crippen LogP contribution in [0.4, 0.5) is 17.1 Å². The summed E-state index contributed by atoms with van der Waals surface area (Å²) in [4.78, 5) is 22.7. The zero-order valence-corrected chi connectivity index (χ0v) is 18.9. The summed E-state index contributed by atoms with van der Waals surface area (Å²) < 4.78 is 32.9. The molecule has 0 fully saturated rings. The maximum atomic E-state index is 13.1. The summed E-state index contributed by atoms with van der Waals surface area (Å²) in [5.74, 6) is -0.145. The predicted octanol–water partition coefficient (Wildman–Crippen LogP) is 4.22. The lowest BCUT2D eigenvalue weighted by Gasteiger charge is -2.23. The summed E-state index contributed by atoms with van der Waals surface area (Å²) in [5, 5.41) is 13.4. The highest BCUT2D eigenvalue weighted by atomic mass is 32.2. The molecule has 3 aromatic rings. The molecule has 0 aliphatic carbocycles. The Morgan fingerprint density at radius 3 is 2.18 bits per heavy atom. The van der Waals surface area contributed by atoms with Gasteiger partial charge in [-0.1, -0.05) is 18.2 Å². The molecule has 0 bridgehead atoms. The number of amides is 1. The largest absolute Gasteiger partial charge is 0.481 e. The molecular formula is C23H23N3O6S. The van der Waals surface area contributed by atoms with Gasteiger partial charge in [-0.3, -0.25) is 19.2 Å². The highest BCUT2D eigenvalue weighted by Gasteiger charge is 2.23. The summed E-state index contributed by atoms with van der Waals surface area (Å²) in [6.07, 6.45) is -0.886. The van der Waals surface area contributed by atoms with Crippen molar-refractivity contribution in [3.63, 3.8) is 0 Å². The van der Waals surface area contributed by atoms with Crippen LogP contribution in [0.5, 0.6) is 5.75 Å². The third kappa shape index (κ3) is 5.66. The Kier molecular flexibility index (Phi) is 7.29. The van der Waals surface area contributed by atoms with Gasteiger partial charge in [-0.15, -0.1) is 0 Å². The lowest BCUT2D eigenvalue weighted by atomic mass is 10.3. The molecule has 9 nitrogen and oxygen atoms in total. The normalized spacial score (nSPS) is 11.9. The van der Waals surface area contributed by atoms with Gasteiger partial charge in [0, 0.05) is 24.4 Å². The van der Waals surface area contributed by atoms with E-state index in [1.54, 1.807) is 31.2 Å². The van der Waals surface area contributed by atoms with Crippen LogP contribution in [0.2, 0.25) is 0 Å². The number of rotatable bonds is 9. The van der Waals surface area contributed by atoms with Gasteiger partial charge in [-0.25, -0.2) is 8.42 Å². The first-order valence-corrected chi connectivity index (χ1v) is 11.6. The lowest BCUT2D eigenvalue weighted by molar-refractivity contribution is -0.384. The van der Waals surface area contributed by atoms with Crippen molar-refractivity contribution >= 4 is 33.0 Å². The van der Waals surface area contributed by atoms with Crippen LogP contribution >= 0.6 is 0 Å². The van der Waals surface area contributed by atoms with Crippen LogP contribution in [-0.2, 0) is 14.8 Å². The first-order valence-electron chi connectivity index (χ1n) is 10.1. The topological polar surface area (TPSA) is 119 Å². The predicted molar refractivity (Wildman–Crippen MR) is 125 cm³/mol. The fourth-order valence-electron chi connectivity index (χ4n) is 3.07. The van der Waals surface area contributed by atoms with Crippen LogP contribution in [-0.4, -0.2) is 31.9 Å². The van der Waals surface area contributed by atoms with Gasteiger partial charge in [0.2, 0.25) is 0 Å². The number of hydrogen-bond donors (Lipinski definition) is 1. The van der Waals surface area contributed by atoms with Crippen molar-refractivity contribution in [2.75, 3.05) is 16.2 Å². The van der Waals surface area contributed by atoms with E-state index < -0.39 is 27.0 Å². The van der Waals surface area contributed by atoms with E-state index in [9.17, 15) is 23.3 Å². The van der Waals surface area contributed by atoms with Crippen molar-refractivity contribution in [1.29, 1.82) is 0 Å². The standard InChI is InChI=1S/C23H23N3O6S/c1-3-25(19-7-5-4-6-8-19)33(30,31)22-15-9-18(10-16-22)24-23(27)17(2)32-21-13-11-20(12-14-21)26(28)29/h4-17H,3H2,1-2H3,(H,24,27). The lowest BCUT2D eigenvalue weighted by Crippen LogP contribution is -2.31. The molecule has 1 N–H and O–H groups in total. The van der Waals surface area contributed by atoms with Gasteiger partial charge in [0.25, 0.3) is 21.6 Å². The maximum absolute atomic E-state index is 13.1. The summed E-state index contributed by atoms with van der Waals surface area (Å²) in [5.41, 5.74) is 0.888. The van der Waals surface area contributed by atoms with Gasteiger partial charge in [-0.2, -0.15) is 0 Å². The quantitative estimate of drug-likeness (QED) is 0.370. The summed E-state index contributed by atoms with van der Waals surface area (Å²) in [6.45, 7) is 3.56. The van der Waals surface area contributed by atoms with Gasteiger partial charge in [0.15, 0.2) is 6.10 Å². The van der Waals surface area contributed by atoms with Crippen molar-refractivity contribution in [1.82, 2.24) is 0 Å². The molecule has 33 heavy (non-hydrogen) atoms. The number of non-ortho nitro benzene ring substituents is 1. The fraction of sp³-hybridized carbons (Fsp3) is 0.174. The Labute approximate surface area is 191 Å². The smallest absolute Gasteiger partial charge is 0.269 e. The van der Waals surface area contributed by atoms with Gasteiger partial charge < -0.3 is 10.1 Å². The van der Waals surface area contributed by atoms with Crippen LogP contribution in [0.25, 0.3) is 0 Å². The molecule has 0 spiro atoms. The van der Waals surface area contributed by atoms with E-state index in [0.717, 1.165) is 0 Å². The Hall–Kier alpha value is -3.92. The summed E-state index contributed by atoms with van der Waals surface area (Å²) >= 11 is 0. The van der Waals surface area contributed by atoms with Crippen LogP contribution in [0.3, 0.4) is 0 Å². The number of anilines is 2. The molecule has 3 rings (SSSR count). The van der Waals surface area contributed by atoms with Crippen LogP contribution in [0, 0.1) is 10.1 Å². The number of carbonyl (C=O) groups excluding carboxylic acids is 1. The molecule has 0 radical (unpaired) electrons. The molecule has 0 aliphatic heterocycles. The second kappa shape index (κ2) is 10.1. The minimum Gasteiger partial charge on any atom is -0.481 e. The van der Waals surface area contributed by atoms with Crippen molar-refractivity contribution in [2.24, 2.45) is 0 Å². The number of nitro groups is 1. The van der Waals surface area contributed by atoms with Crippen LogP contribution in [0.1, 0.15) is 13.8 Å². The molecule has 0 heterocycles. The highest BCUT2D eigenvalue weighted by molar-refractivity contribution is 7.92. The first kappa shape index (κ1) is 23.7. The van der Waals surface area contributed by atoms with Crippen LogP contribution in [0.15, 0.2) is 83.8 Å². The molecule has 10 heteroatoms. The molecule has 172 valence electrons. The third-order valence-electron chi connectivity index (χ3n) is 4.77. The fourth-order valence-corrected chi connectivity index (χ4v) is 4.54. The zero-order valence-electron chi connectivity index (χ0n) is 18.0. The number of nitrogens with one attached hydrogen (secondary N) is 1. The molecule has 0 saturated carbocycles. The number of ether oxygens (including phenoxy) is 1. The number of sulfonamides is 1. The van der Waals surface area contributed by atoms with E-state index in [4.69, 9.17) is 4.74 Å². The maximum Gasteiger partial charge on any atom is 0.269 e. The Balaban J connectivity index is 1.67. The molecular weight excluding hydrogens is 446 g/mol. The summed E-state index contributed by atoms with van der Waals surface area (Å²) in [7, 11) is -3.77. The van der Waals surface area contributed by atoms with E-state index >= 15 is 0 Å². The molecule has 0 saturated heterocycles. The Bertz CT molecular complexity index is 1210. The number of para-hydroxylation sites is 1. The molecule has 1 amide bonds. The van der Waals surface area contributed by atoms with Gasteiger partial charge in [-0.05, 0) is 62.4 Å². The molecule has 1 atom stereocenters. The third-order valence-corrected chi connectivity index (χ3v) is 6.69. The van der Waals surface area contributed by atoms with Gasteiger partial charge in [0.1, 0.15) is 5.75 Å². The number of benzene rings is 3. The Morgan fingerprint density at radius 1 is 1.03 bits per heavy atom. The first-order chi connectivity index (χ1) is 15.7. The number of nitrogens with zero attached hydrogens (tertiary/aromatic N) is 2. The van der Waals surface area contributed by atoms with Gasteiger partial charge in [0.05, 0.1) is 15.5 Å². The van der Waals surface area contributed by atoms with Crippen molar-refractivity contribution in [2.45, 2.75) is 24.8 Å². The number of nitro benzene ring substituents is 1. The minimum atomic E-state index is -3.77. The number of carbonyl (C=O) groups is 1. The highest BCUT2D eigenvalue weighted by Crippen LogP contribution is 2.24. The second-order valence-electron chi connectivity index (χ2n) is 7.03. The average Bonchev–Trinajstić information content (AvgIpc) is 2.80. The summed E-state index contributed by atoms with van der Waals surface area (Å²) in [6, 6.07) is 20.1. The van der Waals surface area contributed by atoms with Crippen LogP contribution < -0.4 is 14.4 Å². The van der Waals surface area contributed by atoms with Crippen molar-refractivity contribution in [3.8, 4) is 5.75 Å². The van der Waals surface area contributed by atoms with Crippen molar-refractivity contribution in [3.05, 3.63) is 89.0 Å². The monoisotopic (exact) mass is 469 g/mol. The molecule has 0 aromatic heterocycles. The Morgan fingerprint density at radius 2 is 1.64 bits per heavy atom.